The Bertz CT molecular complexity index is 1340. The van der Waals surface area contributed by atoms with E-state index < -0.39 is 10.0 Å². The maximum atomic E-state index is 13.7. The number of hydrogen-bond acceptors (Lipinski definition) is 4. The minimum atomic E-state index is -3.59. The van der Waals surface area contributed by atoms with E-state index in [9.17, 15) is 13.5 Å². The Balaban J connectivity index is 1.43. The molecule has 6 heteroatoms. The van der Waals surface area contributed by atoms with Crippen LogP contribution in [0.1, 0.15) is 41.0 Å². The van der Waals surface area contributed by atoms with E-state index in [2.05, 4.69) is 61.2 Å². The Morgan fingerprint density at radius 1 is 0.833 bits per heavy atom. The lowest BCUT2D eigenvalue weighted by molar-refractivity contribution is -0.0553. The Hall–Kier alpha value is -2.51. The van der Waals surface area contributed by atoms with Gasteiger partial charge < -0.3 is 5.11 Å². The Kier molecular flexibility index (Phi) is 7.05. The van der Waals surface area contributed by atoms with Crippen LogP contribution in [0.15, 0.2) is 71.6 Å². The number of fused-ring (bicyclic) bond motifs is 1. The molecule has 0 spiro atoms. The first-order valence-corrected chi connectivity index (χ1v) is 14.3. The molecule has 36 heavy (non-hydrogen) atoms. The van der Waals surface area contributed by atoms with Crippen molar-refractivity contribution < 1.29 is 13.5 Å². The number of aliphatic hydroxyl groups excluding tert-OH is 1. The maximum absolute atomic E-state index is 13.7. The number of hydrogen-bond donors (Lipinski definition) is 1. The van der Waals surface area contributed by atoms with Crippen LogP contribution in [0, 0.1) is 20.8 Å². The van der Waals surface area contributed by atoms with Crippen molar-refractivity contribution in [2.24, 2.45) is 0 Å². The van der Waals surface area contributed by atoms with E-state index >= 15 is 0 Å². The van der Waals surface area contributed by atoms with Crippen molar-refractivity contribution in [3.8, 4) is 11.1 Å². The zero-order valence-corrected chi connectivity index (χ0v) is 22.2. The maximum Gasteiger partial charge on any atom is 0.243 e. The van der Waals surface area contributed by atoms with Gasteiger partial charge in [-0.3, -0.25) is 4.90 Å². The third kappa shape index (κ3) is 4.52. The van der Waals surface area contributed by atoms with Crippen LogP contribution in [0.2, 0.25) is 0 Å². The third-order valence-electron chi connectivity index (χ3n) is 8.18. The van der Waals surface area contributed by atoms with Crippen LogP contribution >= 0.6 is 0 Å². The summed E-state index contributed by atoms with van der Waals surface area (Å²) in [5, 5.41) is 10.3. The highest BCUT2D eigenvalue weighted by Gasteiger charge is 2.50. The molecule has 0 radical (unpaired) electrons. The molecule has 2 aliphatic rings. The standard InChI is InChI=1S/C30H36N2O3S/c1-21-10-11-26(18-23(21)3)24-12-14-25(15-13-24)30-27-19-31(16-6-7-17-32(27)28(30)20-33)36(34,35)29-9-5-4-8-22(29)2/h4-5,8-15,18,27-28,30,33H,6-7,16-17,19-20H2,1-3H3/t27-,28?,30-/m0/s1. The minimum absolute atomic E-state index is 0.0172. The van der Waals surface area contributed by atoms with Gasteiger partial charge in [0.25, 0.3) is 0 Å². The molecule has 3 aromatic rings. The molecule has 3 atom stereocenters. The number of rotatable bonds is 5. The van der Waals surface area contributed by atoms with E-state index in [4.69, 9.17) is 0 Å². The molecule has 2 saturated heterocycles. The van der Waals surface area contributed by atoms with Crippen LogP contribution in [0.3, 0.4) is 0 Å². The molecule has 0 saturated carbocycles. The van der Waals surface area contributed by atoms with Crippen molar-refractivity contribution >= 4 is 10.0 Å². The van der Waals surface area contributed by atoms with Gasteiger partial charge in [0.2, 0.25) is 10.0 Å². The monoisotopic (exact) mass is 504 g/mol. The van der Waals surface area contributed by atoms with Gasteiger partial charge in [-0.05, 0) is 79.6 Å². The van der Waals surface area contributed by atoms with E-state index in [0.717, 1.165) is 30.5 Å². The van der Waals surface area contributed by atoms with Crippen LogP contribution in [0.5, 0.6) is 0 Å². The molecule has 0 aromatic heterocycles. The van der Waals surface area contributed by atoms with E-state index in [1.807, 2.05) is 19.1 Å². The first kappa shape index (κ1) is 25.2. The molecule has 0 aliphatic carbocycles. The van der Waals surface area contributed by atoms with Gasteiger partial charge in [0, 0.05) is 31.1 Å². The largest absolute Gasteiger partial charge is 0.395 e. The first-order chi connectivity index (χ1) is 17.3. The second-order valence-electron chi connectivity index (χ2n) is 10.3. The average molecular weight is 505 g/mol. The normalized spacial score (nSPS) is 23.4. The molecule has 5 rings (SSSR count). The van der Waals surface area contributed by atoms with Gasteiger partial charge in [-0.15, -0.1) is 0 Å². The molecule has 0 bridgehead atoms. The minimum Gasteiger partial charge on any atom is -0.395 e. The number of aliphatic hydroxyl groups is 1. The SMILES string of the molecule is Cc1ccc(-c2ccc([C@@H]3C(CO)N4CCCCN(S(=O)(=O)c5ccccc5C)C[C@@H]34)cc2)cc1C. The molecule has 190 valence electrons. The zero-order chi connectivity index (χ0) is 25.4. The van der Waals surface area contributed by atoms with Crippen LogP contribution in [-0.4, -0.2) is 61.1 Å². The Morgan fingerprint density at radius 3 is 2.22 bits per heavy atom. The van der Waals surface area contributed by atoms with Crippen molar-refractivity contribution in [2.75, 3.05) is 26.2 Å². The summed E-state index contributed by atoms with van der Waals surface area (Å²) in [5.41, 5.74) is 6.86. The lowest BCUT2D eigenvalue weighted by Gasteiger charge is -2.57. The second-order valence-corrected chi connectivity index (χ2v) is 12.2. The van der Waals surface area contributed by atoms with E-state index in [1.54, 1.807) is 16.4 Å². The van der Waals surface area contributed by atoms with Gasteiger partial charge in [-0.25, -0.2) is 8.42 Å². The van der Waals surface area contributed by atoms with Crippen molar-refractivity contribution in [2.45, 2.75) is 56.5 Å². The fourth-order valence-electron chi connectivity index (χ4n) is 5.93. The highest BCUT2D eigenvalue weighted by atomic mass is 32.2. The zero-order valence-electron chi connectivity index (χ0n) is 21.4. The van der Waals surface area contributed by atoms with Crippen LogP contribution in [0.25, 0.3) is 11.1 Å². The number of nitrogens with zero attached hydrogens (tertiary/aromatic N) is 2. The topological polar surface area (TPSA) is 60.9 Å². The van der Waals surface area contributed by atoms with E-state index in [0.29, 0.717) is 18.0 Å². The lowest BCUT2D eigenvalue weighted by Crippen LogP contribution is -2.67. The van der Waals surface area contributed by atoms with Gasteiger partial charge in [0.15, 0.2) is 0 Å². The summed E-state index contributed by atoms with van der Waals surface area (Å²) in [7, 11) is -3.59. The van der Waals surface area contributed by atoms with Crippen LogP contribution in [-0.2, 0) is 10.0 Å². The fourth-order valence-corrected chi connectivity index (χ4v) is 7.65. The summed E-state index contributed by atoms with van der Waals surface area (Å²) in [6.45, 7) is 8.05. The summed E-state index contributed by atoms with van der Waals surface area (Å²) >= 11 is 0. The highest BCUT2D eigenvalue weighted by Crippen LogP contribution is 2.43. The molecule has 1 N–H and O–H groups in total. The van der Waals surface area contributed by atoms with Gasteiger partial charge in [-0.2, -0.15) is 4.31 Å². The molecule has 2 aliphatic heterocycles. The van der Waals surface area contributed by atoms with Gasteiger partial charge in [-0.1, -0.05) is 60.7 Å². The molecular formula is C30H36N2O3S. The number of benzene rings is 3. The molecule has 3 aromatic carbocycles. The molecular weight excluding hydrogens is 468 g/mol. The lowest BCUT2D eigenvalue weighted by atomic mass is 9.74. The summed E-state index contributed by atoms with van der Waals surface area (Å²) in [6, 6.07) is 22.5. The van der Waals surface area contributed by atoms with Gasteiger partial charge in [0.05, 0.1) is 11.5 Å². The quantitative estimate of drug-likeness (QED) is 0.537. The third-order valence-corrected chi connectivity index (χ3v) is 10.2. The summed E-state index contributed by atoms with van der Waals surface area (Å²) in [4.78, 5) is 2.71. The van der Waals surface area contributed by atoms with Crippen molar-refractivity contribution in [3.63, 3.8) is 0 Å². The van der Waals surface area contributed by atoms with Crippen molar-refractivity contribution in [1.29, 1.82) is 0 Å². The Morgan fingerprint density at radius 2 is 1.53 bits per heavy atom. The summed E-state index contributed by atoms with van der Waals surface area (Å²) in [5.74, 6) is 0.0940. The van der Waals surface area contributed by atoms with Crippen LogP contribution in [0.4, 0.5) is 0 Å². The molecule has 2 fully saturated rings. The van der Waals surface area contributed by atoms with E-state index in [1.165, 1.54) is 22.3 Å². The fraction of sp³-hybridized carbons (Fsp3) is 0.400. The molecule has 2 heterocycles. The number of aryl methyl sites for hydroxylation is 3. The number of sulfonamides is 1. The molecule has 5 nitrogen and oxygen atoms in total. The van der Waals surface area contributed by atoms with Crippen molar-refractivity contribution in [3.05, 3.63) is 89.0 Å². The Labute approximate surface area is 215 Å². The molecule has 1 unspecified atom stereocenters. The highest BCUT2D eigenvalue weighted by molar-refractivity contribution is 7.89. The molecule has 0 amide bonds. The predicted octanol–water partition coefficient (Wildman–Crippen LogP) is 4.89. The summed E-state index contributed by atoms with van der Waals surface area (Å²) in [6.07, 6.45) is 1.74. The second kappa shape index (κ2) is 10.1. The van der Waals surface area contributed by atoms with Gasteiger partial charge in [0.1, 0.15) is 0 Å². The predicted molar refractivity (Wildman–Crippen MR) is 145 cm³/mol. The smallest absolute Gasteiger partial charge is 0.243 e. The average Bonchev–Trinajstić information content (AvgIpc) is 2.85. The first-order valence-electron chi connectivity index (χ1n) is 12.9. The van der Waals surface area contributed by atoms with Crippen molar-refractivity contribution in [1.82, 2.24) is 9.21 Å². The van der Waals surface area contributed by atoms with E-state index in [-0.39, 0.29) is 24.6 Å². The summed E-state index contributed by atoms with van der Waals surface area (Å²) < 4.78 is 29.0. The van der Waals surface area contributed by atoms with Gasteiger partial charge >= 0.3 is 0 Å². The van der Waals surface area contributed by atoms with Crippen LogP contribution < -0.4 is 0 Å².